The molecular formula is C29H23Cl2N3O2. The van der Waals surface area contributed by atoms with Gasteiger partial charge in [0.2, 0.25) is 0 Å². The number of nitriles is 1. The molecule has 4 aromatic rings. The van der Waals surface area contributed by atoms with E-state index >= 15 is 0 Å². The van der Waals surface area contributed by atoms with Crippen LogP contribution in [0.25, 0.3) is 16.8 Å². The number of hydrogen-bond acceptors (Lipinski definition) is 4. The zero-order valence-electron chi connectivity index (χ0n) is 19.8. The molecule has 0 atom stereocenters. The number of benzene rings is 4. The summed E-state index contributed by atoms with van der Waals surface area (Å²) in [5.41, 5.74) is 2.95. The summed E-state index contributed by atoms with van der Waals surface area (Å²) in [7, 11) is 3.88. The number of anilines is 2. The van der Waals surface area contributed by atoms with Crippen LogP contribution in [0.15, 0.2) is 84.4 Å². The number of rotatable bonds is 7. The van der Waals surface area contributed by atoms with Crippen molar-refractivity contribution in [3.8, 4) is 11.8 Å². The zero-order valence-corrected chi connectivity index (χ0v) is 21.3. The van der Waals surface area contributed by atoms with E-state index in [4.69, 9.17) is 27.9 Å². The van der Waals surface area contributed by atoms with E-state index < -0.39 is 5.91 Å². The molecule has 0 aliphatic carbocycles. The van der Waals surface area contributed by atoms with Crippen molar-refractivity contribution >= 4 is 57.3 Å². The fraction of sp³-hybridized carbons (Fsp3) is 0.103. The zero-order chi connectivity index (χ0) is 25.7. The second-order valence-corrected chi connectivity index (χ2v) is 9.13. The standard InChI is InChI=1S/C29H23Cl2N3O2/c1-34(2)24-12-10-23(11-13-24)33-29(35)21(17-32)15-26-25-6-4-3-5-19(25)8-14-28(26)36-18-20-7-9-22(30)16-27(20)31/h3-16H,18H2,1-2H3,(H,33,35)/b21-15-. The van der Waals surface area contributed by atoms with Gasteiger partial charge in [0.1, 0.15) is 24.0 Å². The van der Waals surface area contributed by atoms with Crippen molar-refractivity contribution in [3.63, 3.8) is 0 Å². The normalized spacial score (nSPS) is 11.1. The van der Waals surface area contributed by atoms with Crippen LogP contribution in [-0.4, -0.2) is 20.0 Å². The summed E-state index contributed by atoms with van der Waals surface area (Å²) in [6, 6.07) is 26.1. The second kappa shape index (κ2) is 11.2. The first kappa shape index (κ1) is 25.1. The monoisotopic (exact) mass is 515 g/mol. The highest BCUT2D eigenvalue weighted by Gasteiger charge is 2.14. The van der Waals surface area contributed by atoms with Crippen molar-refractivity contribution in [1.29, 1.82) is 5.26 Å². The smallest absolute Gasteiger partial charge is 0.266 e. The number of ether oxygens (including phenoxy) is 1. The lowest BCUT2D eigenvalue weighted by Crippen LogP contribution is -2.14. The Morgan fingerprint density at radius 1 is 1.03 bits per heavy atom. The van der Waals surface area contributed by atoms with Crippen LogP contribution in [0.3, 0.4) is 0 Å². The van der Waals surface area contributed by atoms with E-state index in [0.29, 0.717) is 27.0 Å². The van der Waals surface area contributed by atoms with E-state index in [0.717, 1.165) is 22.0 Å². The summed E-state index contributed by atoms with van der Waals surface area (Å²) < 4.78 is 6.11. The summed E-state index contributed by atoms with van der Waals surface area (Å²) in [5, 5.41) is 15.5. The van der Waals surface area contributed by atoms with Gasteiger partial charge >= 0.3 is 0 Å². The van der Waals surface area contributed by atoms with Crippen LogP contribution in [0.4, 0.5) is 11.4 Å². The van der Waals surface area contributed by atoms with E-state index in [2.05, 4.69) is 5.32 Å². The molecule has 0 saturated carbocycles. The van der Waals surface area contributed by atoms with Crippen LogP contribution in [0, 0.1) is 11.3 Å². The Balaban J connectivity index is 1.66. The lowest BCUT2D eigenvalue weighted by molar-refractivity contribution is -0.112. The fourth-order valence-corrected chi connectivity index (χ4v) is 4.14. The molecule has 1 amide bonds. The molecule has 0 unspecified atom stereocenters. The van der Waals surface area contributed by atoms with Crippen molar-refractivity contribution in [2.75, 3.05) is 24.3 Å². The summed E-state index contributed by atoms with van der Waals surface area (Å²) >= 11 is 12.3. The summed E-state index contributed by atoms with van der Waals surface area (Å²) in [4.78, 5) is 15.0. The summed E-state index contributed by atoms with van der Waals surface area (Å²) in [6.07, 6.45) is 1.56. The maximum atomic E-state index is 13.0. The highest BCUT2D eigenvalue weighted by molar-refractivity contribution is 6.35. The Morgan fingerprint density at radius 3 is 2.47 bits per heavy atom. The van der Waals surface area contributed by atoms with Crippen molar-refractivity contribution < 1.29 is 9.53 Å². The van der Waals surface area contributed by atoms with Gasteiger partial charge < -0.3 is 15.0 Å². The molecule has 0 aliphatic heterocycles. The Hall–Kier alpha value is -3.98. The minimum Gasteiger partial charge on any atom is -0.488 e. The average molecular weight is 516 g/mol. The van der Waals surface area contributed by atoms with Gasteiger partial charge in [0.05, 0.1) is 0 Å². The van der Waals surface area contributed by atoms with Gasteiger partial charge in [-0.05, 0) is 59.3 Å². The number of amides is 1. The Bertz CT molecular complexity index is 1490. The topological polar surface area (TPSA) is 65.4 Å². The molecule has 5 nitrogen and oxygen atoms in total. The molecule has 1 N–H and O–H groups in total. The van der Waals surface area contributed by atoms with Crippen LogP contribution >= 0.6 is 23.2 Å². The van der Waals surface area contributed by atoms with Gasteiger partial charge in [0, 0.05) is 46.6 Å². The van der Waals surface area contributed by atoms with Crippen molar-refractivity contribution in [2.24, 2.45) is 0 Å². The van der Waals surface area contributed by atoms with Gasteiger partial charge in [-0.1, -0.05) is 59.6 Å². The number of nitrogens with one attached hydrogen (secondary N) is 1. The molecule has 4 aromatic carbocycles. The molecule has 4 rings (SSSR count). The van der Waals surface area contributed by atoms with Crippen LogP contribution in [0.5, 0.6) is 5.75 Å². The first-order valence-corrected chi connectivity index (χ1v) is 11.9. The lowest BCUT2D eigenvalue weighted by Gasteiger charge is -2.14. The molecule has 0 saturated heterocycles. The Morgan fingerprint density at radius 2 is 1.78 bits per heavy atom. The maximum Gasteiger partial charge on any atom is 0.266 e. The molecule has 7 heteroatoms. The number of fused-ring (bicyclic) bond motifs is 1. The van der Waals surface area contributed by atoms with E-state index in [-0.39, 0.29) is 12.2 Å². The van der Waals surface area contributed by atoms with Gasteiger partial charge in [0.15, 0.2) is 0 Å². The van der Waals surface area contributed by atoms with Crippen molar-refractivity contribution in [2.45, 2.75) is 6.61 Å². The highest BCUT2D eigenvalue weighted by Crippen LogP contribution is 2.32. The van der Waals surface area contributed by atoms with Gasteiger partial charge in [-0.15, -0.1) is 0 Å². The quantitative estimate of drug-likeness (QED) is 0.206. The van der Waals surface area contributed by atoms with E-state index in [1.807, 2.05) is 73.6 Å². The Labute approximate surface area is 220 Å². The third-order valence-electron chi connectivity index (χ3n) is 5.62. The average Bonchev–Trinajstić information content (AvgIpc) is 2.87. The van der Waals surface area contributed by atoms with Crippen LogP contribution in [0.2, 0.25) is 10.0 Å². The van der Waals surface area contributed by atoms with E-state index in [1.54, 1.807) is 36.4 Å². The second-order valence-electron chi connectivity index (χ2n) is 8.29. The number of carbonyl (C=O) groups excluding carboxylic acids is 1. The minimum atomic E-state index is -0.505. The molecule has 0 spiro atoms. The first-order valence-electron chi connectivity index (χ1n) is 11.1. The molecule has 0 aliphatic rings. The van der Waals surface area contributed by atoms with Gasteiger partial charge in [0.25, 0.3) is 5.91 Å². The summed E-state index contributed by atoms with van der Waals surface area (Å²) in [5.74, 6) is 0.0188. The van der Waals surface area contributed by atoms with E-state index in [1.165, 1.54) is 0 Å². The number of nitrogens with zero attached hydrogens (tertiary/aromatic N) is 2. The molecule has 0 radical (unpaired) electrons. The Kier molecular flexibility index (Phi) is 7.80. The van der Waals surface area contributed by atoms with Gasteiger partial charge in [-0.25, -0.2) is 0 Å². The predicted octanol–water partition coefficient (Wildman–Crippen LogP) is 7.34. The van der Waals surface area contributed by atoms with Crippen LogP contribution in [-0.2, 0) is 11.4 Å². The van der Waals surface area contributed by atoms with Crippen LogP contribution in [0.1, 0.15) is 11.1 Å². The van der Waals surface area contributed by atoms with Crippen LogP contribution < -0.4 is 15.0 Å². The SMILES string of the molecule is CN(C)c1ccc(NC(=O)/C(C#N)=C\c2c(OCc3ccc(Cl)cc3Cl)ccc3ccccc23)cc1. The number of halogens is 2. The van der Waals surface area contributed by atoms with Gasteiger partial charge in [-0.3, -0.25) is 4.79 Å². The fourth-order valence-electron chi connectivity index (χ4n) is 3.68. The number of carbonyl (C=O) groups is 1. The molecule has 0 heterocycles. The first-order chi connectivity index (χ1) is 17.4. The van der Waals surface area contributed by atoms with E-state index in [9.17, 15) is 10.1 Å². The largest absolute Gasteiger partial charge is 0.488 e. The minimum absolute atomic E-state index is 0.0441. The maximum absolute atomic E-state index is 13.0. The number of hydrogen-bond donors (Lipinski definition) is 1. The third-order valence-corrected chi connectivity index (χ3v) is 6.21. The molecule has 180 valence electrons. The predicted molar refractivity (Wildman–Crippen MR) is 148 cm³/mol. The molecular weight excluding hydrogens is 493 g/mol. The lowest BCUT2D eigenvalue weighted by atomic mass is 10.0. The van der Waals surface area contributed by atoms with Crippen molar-refractivity contribution in [1.82, 2.24) is 0 Å². The third kappa shape index (κ3) is 5.80. The van der Waals surface area contributed by atoms with Gasteiger partial charge in [-0.2, -0.15) is 5.26 Å². The molecule has 36 heavy (non-hydrogen) atoms. The molecule has 0 bridgehead atoms. The van der Waals surface area contributed by atoms with Crippen molar-refractivity contribution in [3.05, 3.63) is 106 Å². The molecule has 0 aromatic heterocycles. The summed E-state index contributed by atoms with van der Waals surface area (Å²) in [6.45, 7) is 0.196. The molecule has 0 fully saturated rings. The highest BCUT2D eigenvalue weighted by atomic mass is 35.5.